The van der Waals surface area contributed by atoms with Crippen LogP contribution >= 0.6 is 34.9 Å². The maximum atomic E-state index is 12.6. The lowest BCUT2D eigenvalue weighted by Crippen LogP contribution is -2.20. The molecule has 2 heterocycles. The monoisotopic (exact) mass is 435 g/mol. The zero-order valence-electron chi connectivity index (χ0n) is 16.2. The summed E-state index contributed by atoms with van der Waals surface area (Å²) in [5.41, 5.74) is 3.00. The number of thiophene rings is 1. The zero-order valence-corrected chi connectivity index (χ0v) is 18.7. The summed E-state index contributed by atoms with van der Waals surface area (Å²) < 4.78 is 5.31. The van der Waals surface area contributed by atoms with E-state index in [1.54, 1.807) is 22.7 Å². The summed E-state index contributed by atoms with van der Waals surface area (Å²) >= 11 is 8.84. The van der Waals surface area contributed by atoms with Crippen molar-refractivity contribution in [1.82, 2.24) is 4.98 Å². The lowest BCUT2D eigenvalue weighted by molar-refractivity contribution is 0.0526. The van der Waals surface area contributed by atoms with E-state index in [1.165, 1.54) is 28.3 Å². The summed E-state index contributed by atoms with van der Waals surface area (Å²) in [7, 11) is 0. The van der Waals surface area contributed by atoms with Gasteiger partial charge in [-0.05, 0) is 75.6 Å². The smallest absolute Gasteiger partial charge is 0.341 e. The van der Waals surface area contributed by atoms with E-state index in [-0.39, 0.29) is 5.97 Å². The minimum atomic E-state index is -0.258. The number of fused-ring (bicyclic) bond motifs is 2. The number of thiazole rings is 1. The number of carbonyl (C=O) groups is 1. The van der Waals surface area contributed by atoms with Crippen LogP contribution < -0.4 is 10.6 Å². The van der Waals surface area contributed by atoms with Gasteiger partial charge in [-0.1, -0.05) is 6.92 Å². The Bertz CT molecular complexity index is 903. The third-order valence-corrected chi connectivity index (χ3v) is 7.73. The Morgan fingerprint density at radius 3 is 2.86 bits per heavy atom. The molecule has 1 unspecified atom stereocenters. The van der Waals surface area contributed by atoms with E-state index in [0.717, 1.165) is 53.7 Å². The number of aryl methyl sites for hydroxylation is 2. The molecule has 0 saturated heterocycles. The Hall–Kier alpha value is -1.51. The van der Waals surface area contributed by atoms with Gasteiger partial charge in [0.2, 0.25) is 0 Å². The van der Waals surface area contributed by atoms with Gasteiger partial charge in [-0.15, -0.1) is 22.7 Å². The molecule has 2 aliphatic rings. The third kappa shape index (κ3) is 4.09. The molecule has 4 rings (SSSR count). The van der Waals surface area contributed by atoms with Crippen molar-refractivity contribution < 1.29 is 9.53 Å². The van der Waals surface area contributed by atoms with Gasteiger partial charge in [0.15, 0.2) is 10.2 Å². The molecule has 2 aromatic heterocycles. The maximum absolute atomic E-state index is 12.6. The normalized spacial score (nSPS) is 18.1. The second kappa shape index (κ2) is 8.47. The number of nitrogens with zero attached hydrogens (tertiary/aromatic N) is 1. The molecular weight excluding hydrogens is 410 g/mol. The summed E-state index contributed by atoms with van der Waals surface area (Å²) in [6, 6.07) is 0. The largest absolute Gasteiger partial charge is 0.462 e. The summed E-state index contributed by atoms with van der Waals surface area (Å²) in [5.74, 6) is 0.460. The van der Waals surface area contributed by atoms with Crippen LogP contribution in [0.25, 0.3) is 0 Å². The highest BCUT2D eigenvalue weighted by Gasteiger charge is 2.27. The molecule has 0 spiro atoms. The van der Waals surface area contributed by atoms with Gasteiger partial charge in [0.05, 0.1) is 17.9 Å². The summed E-state index contributed by atoms with van der Waals surface area (Å²) in [5, 5.41) is 8.57. The van der Waals surface area contributed by atoms with Gasteiger partial charge in [-0.25, -0.2) is 9.78 Å². The van der Waals surface area contributed by atoms with Crippen molar-refractivity contribution in [3.05, 3.63) is 26.6 Å². The number of esters is 1. The topological polar surface area (TPSA) is 63.2 Å². The van der Waals surface area contributed by atoms with Crippen molar-refractivity contribution in [2.45, 2.75) is 58.8 Å². The molecule has 0 bridgehead atoms. The molecule has 8 heteroatoms. The molecule has 2 aliphatic carbocycles. The Morgan fingerprint density at radius 1 is 1.21 bits per heavy atom. The summed E-state index contributed by atoms with van der Waals surface area (Å²) in [6.07, 6.45) is 7.56. The van der Waals surface area contributed by atoms with Crippen molar-refractivity contribution in [2.75, 3.05) is 17.2 Å². The summed E-state index contributed by atoms with van der Waals surface area (Å²) in [4.78, 5) is 19.9. The number of thiocarbonyl (C=S) groups is 1. The quantitative estimate of drug-likeness (QED) is 0.509. The first-order valence-electron chi connectivity index (χ1n) is 9.93. The lowest BCUT2D eigenvalue weighted by Gasteiger charge is -2.15. The van der Waals surface area contributed by atoms with E-state index >= 15 is 0 Å². The average Bonchev–Trinajstić information content (AvgIpc) is 3.21. The molecular formula is C20H25N3O2S3. The molecule has 0 fully saturated rings. The first-order chi connectivity index (χ1) is 13.5. The molecule has 0 radical (unpaired) electrons. The Kier molecular flexibility index (Phi) is 5.99. The Morgan fingerprint density at radius 2 is 2.04 bits per heavy atom. The van der Waals surface area contributed by atoms with Crippen LogP contribution in [0.5, 0.6) is 0 Å². The molecule has 0 aliphatic heterocycles. The van der Waals surface area contributed by atoms with E-state index in [9.17, 15) is 4.79 Å². The Labute approximate surface area is 178 Å². The van der Waals surface area contributed by atoms with Crippen LogP contribution in [-0.2, 0) is 30.4 Å². The van der Waals surface area contributed by atoms with Crippen LogP contribution in [0.4, 0.5) is 10.1 Å². The number of ether oxygens (including phenoxy) is 1. The molecule has 1 atom stereocenters. The number of anilines is 2. The first-order valence-corrected chi connectivity index (χ1v) is 12.0. The molecule has 150 valence electrons. The minimum Gasteiger partial charge on any atom is -0.462 e. The van der Waals surface area contributed by atoms with Gasteiger partial charge < -0.3 is 15.4 Å². The van der Waals surface area contributed by atoms with E-state index in [0.29, 0.717) is 17.3 Å². The highest BCUT2D eigenvalue weighted by Crippen LogP contribution is 2.39. The predicted octanol–water partition coefficient (Wildman–Crippen LogP) is 5.19. The molecule has 5 nitrogen and oxygen atoms in total. The highest BCUT2D eigenvalue weighted by atomic mass is 32.1. The van der Waals surface area contributed by atoms with E-state index in [4.69, 9.17) is 21.9 Å². The molecule has 2 aromatic rings. The number of aromatic nitrogens is 1. The molecule has 0 aromatic carbocycles. The second-order valence-corrected chi connectivity index (χ2v) is 10.0. The maximum Gasteiger partial charge on any atom is 0.341 e. The third-order valence-electron chi connectivity index (χ3n) is 5.28. The number of hydrogen-bond acceptors (Lipinski definition) is 6. The van der Waals surface area contributed by atoms with Crippen molar-refractivity contribution in [1.29, 1.82) is 0 Å². The Balaban J connectivity index is 1.51. The standard InChI is InChI=1S/C20H25N3O2S3/c1-3-25-18(24)16-12-6-4-5-7-14(12)27-17(16)22-19(26)23-20-21-13-9-8-11(2)10-15(13)28-20/h11H,3-10H2,1-2H3,(H2,21,22,23,26). The van der Waals surface area contributed by atoms with Crippen LogP contribution in [0.3, 0.4) is 0 Å². The minimum absolute atomic E-state index is 0.258. The predicted molar refractivity (Wildman–Crippen MR) is 120 cm³/mol. The fourth-order valence-corrected chi connectivity index (χ4v) is 6.68. The number of nitrogens with one attached hydrogen (secondary N) is 2. The first kappa shape index (κ1) is 19.8. The summed E-state index contributed by atoms with van der Waals surface area (Å²) in [6.45, 7) is 4.49. The zero-order chi connectivity index (χ0) is 19.7. The average molecular weight is 436 g/mol. The molecule has 28 heavy (non-hydrogen) atoms. The van der Waals surface area contributed by atoms with Crippen molar-refractivity contribution in [3.63, 3.8) is 0 Å². The lowest BCUT2D eigenvalue weighted by atomic mass is 9.93. The number of hydrogen-bond donors (Lipinski definition) is 2. The van der Waals surface area contributed by atoms with Crippen LogP contribution in [-0.4, -0.2) is 22.7 Å². The van der Waals surface area contributed by atoms with Gasteiger partial charge in [-0.2, -0.15) is 0 Å². The number of rotatable bonds is 4. The molecule has 2 N–H and O–H groups in total. The van der Waals surface area contributed by atoms with E-state index in [1.807, 2.05) is 6.92 Å². The number of carbonyl (C=O) groups excluding carboxylic acids is 1. The molecule has 0 saturated carbocycles. The molecule has 0 amide bonds. The second-order valence-electron chi connectivity index (χ2n) is 7.45. The van der Waals surface area contributed by atoms with Gasteiger partial charge in [-0.3, -0.25) is 0 Å². The van der Waals surface area contributed by atoms with Crippen molar-refractivity contribution >= 4 is 56.1 Å². The van der Waals surface area contributed by atoms with Gasteiger partial charge in [0.1, 0.15) is 5.00 Å². The van der Waals surface area contributed by atoms with Gasteiger partial charge in [0, 0.05) is 9.75 Å². The van der Waals surface area contributed by atoms with Crippen molar-refractivity contribution in [2.24, 2.45) is 5.92 Å². The van der Waals surface area contributed by atoms with E-state index in [2.05, 4.69) is 17.6 Å². The fourth-order valence-electron chi connectivity index (χ4n) is 3.90. The SMILES string of the molecule is CCOC(=O)c1c(NC(=S)Nc2nc3c(s2)CC(C)CC3)sc2c1CCCC2. The van der Waals surface area contributed by atoms with Crippen LogP contribution in [0.15, 0.2) is 0 Å². The van der Waals surface area contributed by atoms with E-state index < -0.39 is 0 Å². The van der Waals surface area contributed by atoms with Crippen molar-refractivity contribution in [3.8, 4) is 0 Å². The van der Waals surface area contributed by atoms with Gasteiger partial charge in [0.25, 0.3) is 0 Å². The highest BCUT2D eigenvalue weighted by molar-refractivity contribution is 7.80. The fraction of sp³-hybridized carbons (Fsp3) is 0.550. The van der Waals surface area contributed by atoms with Crippen LogP contribution in [0, 0.1) is 5.92 Å². The van der Waals surface area contributed by atoms with Crippen LogP contribution in [0.2, 0.25) is 0 Å². The van der Waals surface area contributed by atoms with Gasteiger partial charge >= 0.3 is 5.97 Å². The van der Waals surface area contributed by atoms with Crippen LogP contribution in [0.1, 0.15) is 64.5 Å².